The summed E-state index contributed by atoms with van der Waals surface area (Å²) in [4.78, 5) is 10.5. The Kier molecular flexibility index (Phi) is 9.73. The zero-order valence-electron chi connectivity index (χ0n) is 28.9. The van der Waals surface area contributed by atoms with Gasteiger partial charge in [-0.2, -0.15) is 0 Å². The Balaban J connectivity index is 0.000000270. The van der Waals surface area contributed by atoms with Crippen LogP contribution in [0.5, 0.6) is 0 Å². The monoisotopic (exact) mass is 835 g/mol. The zero-order valence-corrected chi connectivity index (χ0v) is 32.1. The van der Waals surface area contributed by atoms with Gasteiger partial charge in [-0.25, -0.2) is 0 Å². The number of benzene rings is 4. The van der Waals surface area contributed by atoms with Crippen molar-refractivity contribution in [3.63, 3.8) is 0 Å². The van der Waals surface area contributed by atoms with E-state index in [1.54, 1.807) is 6.20 Å². The Morgan fingerprint density at radius 3 is 2.12 bits per heavy atom. The molecule has 0 aliphatic rings. The minimum absolute atomic E-state index is 0. The number of rotatable bonds is 3. The summed E-state index contributed by atoms with van der Waals surface area (Å²) in [6, 6.07) is 37.5. The van der Waals surface area contributed by atoms with Gasteiger partial charge in [0.25, 0.3) is 0 Å². The van der Waals surface area contributed by atoms with E-state index < -0.39 is 0 Å². The standard InChI is InChI=1S/C33H30NOS.C11H8N.Ir/c1-18-10-8-11-19(2)29(18)26-17-34-28(16-27(26)33(5,6)7)25-13-9-12-23-24-15-14-22-20(3)21(4)36-32(22)31(24)35-30(23)25;1-2-6-10(7-3-1)11-8-4-5-9-12-11;/h8-12,14-17H,1-7H3;1-6,8-9H;/q2*-1;. The van der Waals surface area contributed by atoms with E-state index in [4.69, 9.17) is 9.40 Å². The van der Waals surface area contributed by atoms with Gasteiger partial charge in [0.15, 0.2) is 0 Å². The van der Waals surface area contributed by atoms with Crippen LogP contribution in [0.3, 0.4) is 0 Å². The normalized spacial score (nSPS) is 11.4. The van der Waals surface area contributed by atoms with Crippen LogP contribution in [0.4, 0.5) is 0 Å². The molecule has 4 aromatic heterocycles. The average molecular weight is 835 g/mol. The van der Waals surface area contributed by atoms with E-state index in [1.807, 2.05) is 66.1 Å². The van der Waals surface area contributed by atoms with Crippen LogP contribution in [0.2, 0.25) is 0 Å². The van der Waals surface area contributed by atoms with Crippen LogP contribution in [-0.2, 0) is 25.5 Å². The van der Waals surface area contributed by atoms with Crippen LogP contribution in [-0.4, -0.2) is 9.97 Å². The SMILES string of the molecule is Cc1cccc(C)c1-c1cnc(-c2[c-]ccc3c2oc2c3ccc3c(C)c(C)sc32)cc1C(C)(C)C.[Ir].[c-]1ccccc1-c1ccccn1. The molecule has 0 aliphatic carbocycles. The van der Waals surface area contributed by atoms with Gasteiger partial charge in [0.2, 0.25) is 0 Å². The number of fused-ring (bicyclic) bond motifs is 5. The molecule has 0 amide bonds. The number of pyridine rings is 2. The first-order valence-corrected chi connectivity index (χ1v) is 17.1. The molecule has 0 aliphatic heterocycles. The third-order valence-electron chi connectivity index (χ3n) is 9.11. The van der Waals surface area contributed by atoms with Gasteiger partial charge in [0, 0.05) is 48.3 Å². The number of nitrogens with zero attached hydrogens (tertiary/aromatic N) is 2. The van der Waals surface area contributed by atoms with E-state index in [-0.39, 0.29) is 25.5 Å². The fraction of sp³-hybridized carbons (Fsp3) is 0.182. The van der Waals surface area contributed by atoms with Crippen LogP contribution in [0, 0.1) is 39.8 Å². The molecule has 3 nitrogen and oxygen atoms in total. The quantitative estimate of drug-likeness (QED) is 0.166. The molecular weight excluding hydrogens is 797 g/mol. The van der Waals surface area contributed by atoms with Crippen molar-refractivity contribution in [3.05, 3.63) is 143 Å². The molecule has 0 unspecified atom stereocenters. The Morgan fingerprint density at radius 1 is 0.694 bits per heavy atom. The maximum atomic E-state index is 6.64. The second-order valence-electron chi connectivity index (χ2n) is 13.4. The van der Waals surface area contributed by atoms with Gasteiger partial charge in [0.1, 0.15) is 5.58 Å². The summed E-state index contributed by atoms with van der Waals surface area (Å²) in [6.45, 7) is 15.5. The van der Waals surface area contributed by atoms with Crippen LogP contribution >= 0.6 is 11.3 Å². The predicted octanol–water partition coefficient (Wildman–Crippen LogP) is 12.4. The molecule has 1 radical (unpaired) electrons. The molecule has 0 N–H and O–H groups in total. The van der Waals surface area contributed by atoms with Crippen molar-refractivity contribution in [2.75, 3.05) is 0 Å². The molecule has 0 saturated heterocycles. The Bertz CT molecular complexity index is 2360. The molecule has 4 heterocycles. The summed E-state index contributed by atoms with van der Waals surface area (Å²) in [7, 11) is 0. The Labute approximate surface area is 306 Å². The molecule has 0 saturated carbocycles. The Morgan fingerprint density at radius 2 is 1.43 bits per heavy atom. The number of aryl methyl sites for hydroxylation is 4. The zero-order chi connectivity index (χ0) is 33.6. The average Bonchev–Trinajstić information content (AvgIpc) is 3.62. The van der Waals surface area contributed by atoms with Crippen LogP contribution < -0.4 is 0 Å². The van der Waals surface area contributed by atoms with E-state index in [2.05, 4.69) is 108 Å². The van der Waals surface area contributed by atoms with Crippen LogP contribution in [0.25, 0.3) is 65.7 Å². The molecule has 8 rings (SSSR count). The van der Waals surface area contributed by atoms with Crippen molar-refractivity contribution in [2.24, 2.45) is 0 Å². The van der Waals surface area contributed by atoms with Crippen molar-refractivity contribution in [3.8, 4) is 33.6 Å². The van der Waals surface area contributed by atoms with E-state index >= 15 is 0 Å². The van der Waals surface area contributed by atoms with Gasteiger partial charge >= 0.3 is 0 Å². The van der Waals surface area contributed by atoms with Gasteiger partial charge in [0.05, 0.1) is 10.3 Å². The van der Waals surface area contributed by atoms with Crippen molar-refractivity contribution >= 4 is 43.4 Å². The summed E-state index contributed by atoms with van der Waals surface area (Å²) in [5, 5.41) is 3.54. The van der Waals surface area contributed by atoms with Gasteiger partial charge in [-0.05, 0) is 83.8 Å². The van der Waals surface area contributed by atoms with Gasteiger partial charge < -0.3 is 14.4 Å². The minimum Gasteiger partial charge on any atom is -0.499 e. The molecule has 0 spiro atoms. The summed E-state index contributed by atoms with van der Waals surface area (Å²) in [6.07, 6.45) is 3.83. The third kappa shape index (κ3) is 6.51. The summed E-state index contributed by atoms with van der Waals surface area (Å²) >= 11 is 1.81. The molecular formula is C44H38IrN2OS-2. The molecule has 0 bridgehead atoms. The molecule has 8 aromatic rings. The van der Waals surface area contributed by atoms with Gasteiger partial charge in [-0.15, -0.1) is 65.4 Å². The Hall–Kier alpha value is -4.41. The van der Waals surface area contributed by atoms with E-state index in [1.165, 1.54) is 48.3 Å². The number of thiophene rings is 1. The number of aromatic nitrogens is 2. The molecule has 49 heavy (non-hydrogen) atoms. The van der Waals surface area contributed by atoms with Crippen LogP contribution in [0.15, 0.2) is 108 Å². The molecule has 0 fully saturated rings. The van der Waals surface area contributed by atoms with Crippen molar-refractivity contribution in [1.29, 1.82) is 0 Å². The fourth-order valence-electron chi connectivity index (χ4n) is 6.51. The minimum atomic E-state index is -0.0539. The fourth-order valence-corrected chi connectivity index (χ4v) is 7.66. The first-order valence-electron chi connectivity index (χ1n) is 16.3. The number of furan rings is 1. The summed E-state index contributed by atoms with van der Waals surface area (Å²) < 4.78 is 7.86. The van der Waals surface area contributed by atoms with E-state index in [0.29, 0.717) is 0 Å². The van der Waals surface area contributed by atoms with Gasteiger partial charge in [-0.1, -0.05) is 80.3 Å². The van der Waals surface area contributed by atoms with Crippen molar-refractivity contribution in [1.82, 2.24) is 9.97 Å². The first kappa shape index (κ1) is 34.5. The molecule has 0 atom stereocenters. The van der Waals surface area contributed by atoms with E-state index in [0.717, 1.165) is 44.5 Å². The van der Waals surface area contributed by atoms with Crippen molar-refractivity contribution in [2.45, 2.75) is 53.9 Å². The number of hydrogen-bond acceptors (Lipinski definition) is 4. The third-order valence-corrected chi connectivity index (χ3v) is 10.3. The second kappa shape index (κ2) is 13.8. The molecule has 5 heteroatoms. The maximum absolute atomic E-state index is 6.64. The predicted molar refractivity (Wildman–Crippen MR) is 203 cm³/mol. The number of hydrogen-bond donors (Lipinski definition) is 0. The first-order chi connectivity index (χ1) is 23.1. The van der Waals surface area contributed by atoms with E-state index in [9.17, 15) is 0 Å². The largest absolute Gasteiger partial charge is 0.499 e. The maximum Gasteiger partial charge on any atom is 0.138 e. The molecule has 247 valence electrons. The van der Waals surface area contributed by atoms with Gasteiger partial charge in [-0.3, -0.25) is 0 Å². The van der Waals surface area contributed by atoms with Crippen LogP contribution in [0.1, 0.15) is 47.9 Å². The summed E-state index contributed by atoms with van der Waals surface area (Å²) in [5.41, 5.74) is 13.2. The topological polar surface area (TPSA) is 38.9 Å². The van der Waals surface area contributed by atoms with Crippen molar-refractivity contribution < 1.29 is 24.5 Å². The smallest absolute Gasteiger partial charge is 0.138 e. The second-order valence-corrected chi connectivity index (χ2v) is 14.6. The molecule has 4 aromatic carbocycles. The summed E-state index contributed by atoms with van der Waals surface area (Å²) in [5.74, 6) is 0.